The van der Waals surface area contributed by atoms with Crippen molar-refractivity contribution in [3.8, 4) is 0 Å². The molecule has 0 radical (unpaired) electrons. The number of carbonyl (C=O) groups excluding carboxylic acids is 2. The van der Waals surface area contributed by atoms with Crippen LogP contribution < -0.4 is 10.6 Å². The maximum Gasteiger partial charge on any atom is 0.267 e. The Bertz CT molecular complexity index is 473. The van der Waals surface area contributed by atoms with Gasteiger partial charge in [-0.2, -0.15) is 0 Å². The van der Waals surface area contributed by atoms with Gasteiger partial charge in [-0.1, -0.05) is 0 Å². The van der Waals surface area contributed by atoms with Crippen LogP contribution in [0, 0.1) is 5.92 Å². The van der Waals surface area contributed by atoms with Crippen LogP contribution in [0.15, 0.2) is 12.3 Å². The van der Waals surface area contributed by atoms with E-state index in [1.807, 2.05) is 0 Å². The highest BCUT2D eigenvalue weighted by Crippen LogP contribution is 2.11. The van der Waals surface area contributed by atoms with Crippen LogP contribution in [0.25, 0.3) is 0 Å². The second-order valence-corrected chi connectivity index (χ2v) is 5.18. The molecule has 1 atom stereocenters. The van der Waals surface area contributed by atoms with Crippen LogP contribution >= 0.6 is 0 Å². The van der Waals surface area contributed by atoms with Crippen molar-refractivity contribution in [3.05, 3.63) is 23.5 Å². The second kappa shape index (κ2) is 6.02. The Morgan fingerprint density at radius 2 is 2.32 bits per heavy atom. The van der Waals surface area contributed by atoms with Crippen molar-refractivity contribution in [2.24, 2.45) is 13.0 Å². The van der Waals surface area contributed by atoms with E-state index >= 15 is 0 Å². The highest BCUT2D eigenvalue weighted by atomic mass is 16.2. The molecule has 1 amide bonds. The first-order valence-electron chi connectivity index (χ1n) is 6.74. The Hall–Kier alpha value is -1.62. The van der Waals surface area contributed by atoms with Gasteiger partial charge in [0.1, 0.15) is 5.69 Å². The molecule has 2 rings (SSSR count). The molecular formula is C14H21N3O2. The van der Waals surface area contributed by atoms with Crippen molar-refractivity contribution in [1.82, 2.24) is 15.2 Å². The third-order valence-corrected chi connectivity index (χ3v) is 3.64. The SMILES string of the molecule is CC(=O)c1cc(C(=O)NCCC2CCNC2)n(C)c1. The summed E-state index contributed by atoms with van der Waals surface area (Å²) in [5.74, 6) is 0.536. The Labute approximate surface area is 113 Å². The van der Waals surface area contributed by atoms with Crippen molar-refractivity contribution in [3.63, 3.8) is 0 Å². The van der Waals surface area contributed by atoms with Gasteiger partial charge in [0.25, 0.3) is 5.91 Å². The number of Topliss-reactive ketones (excluding diaryl/α,β-unsaturated/α-hetero) is 1. The van der Waals surface area contributed by atoms with Crippen LogP contribution in [0.4, 0.5) is 0 Å². The zero-order valence-corrected chi connectivity index (χ0v) is 11.5. The van der Waals surface area contributed by atoms with Crippen molar-refractivity contribution < 1.29 is 9.59 Å². The van der Waals surface area contributed by atoms with Crippen molar-refractivity contribution in [1.29, 1.82) is 0 Å². The summed E-state index contributed by atoms with van der Waals surface area (Å²) < 4.78 is 1.70. The fourth-order valence-electron chi connectivity index (χ4n) is 2.42. The highest BCUT2D eigenvalue weighted by molar-refractivity contribution is 5.99. The number of hydrogen-bond donors (Lipinski definition) is 2. The molecule has 0 aromatic carbocycles. The predicted molar refractivity (Wildman–Crippen MR) is 73.3 cm³/mol. The summed E-state index contributed by atoms with van der Waals surface area (Å²) in [5.41, 5.74) is 1.11. The zero-order chi connectivity index (χ0) is 13.8. The molecule has 1 fully saturated rings. The topological polar surface area (TPSA) is 63.1 Å². The van der Waals surface area contributed by atoms with Gasteiger partial charge in [-0.15, -0.1) is 0 Å². The molecule has 5 nitrogen and oxygen atoms in total. The third-order valence-electron chi connectivity index (χ3n) is 3.64. The Morgan fingerprint density at radius 3 is 2.89 bits per heavy atom. The predicted octanol–water partition coefficient (Wildman–Crippen LogP) is 0.957. The largest absolute Gasteiger partial charge is 0.351 e. The Morgan fingerprint density at radius 1 is 1.53 bits per heavy atom. The van der Waals surface area contributed by atoms with E-state index in [0.717, 1.165) is 19.5 Å². The zero-order valence-electron chi connectivity index (χ0n) is 11.5. The smallest absolute Gasteiger partial charge is 0.267 e. The summed E-state index contributed by atoms with van der Waals surface area (Å²) >= 11 is 0. The van der Waals surface area contributed by atoms with Crippen molar-refractivity contribution in [2.45, 2.75) is 19.8 Å². The van der Waals surface area contributed by atoms with Gasteiger partial charge in [0.05, 0.1) is 0 Å². The van der Waals surface area contributed by atoms with E-state index in [1.165, 1.54) is 13.3 Å². The van der Waals surface area contributed by atoms with Crippen molar-refractivity contribution >= 4 is 11.7 Å². The first-order valence-corrected chi connectivity index (χ1v) is 6.74. The lowest BCUT2D eigenvalue weighted by Crippen LogP contribution is -2.27. The van der Waals surface area contributed by atoms with Crippen LogP contribution in [0.5, 0.6) is 0 Å². The van der Waals surface area contributed by atoms with Gasteiger partial charge in [0, 0.05) is 25.4 Å². The van der Waals surface area contributed by atoms with Crippen LogP contribution in [0.1, 0.15) is 40.6 Å². The number of nitrogens with zero attached hydrogens (tertiary/aromatic N) is 1. The van der Waals surface area contributed by atoms with E-state index in [1.54, 1.807) is 23.9 Å². The number of nitrogens with one attached hydrogen (secondary N) is 2. The molecule has 1 aromatic rings. The lowest BCUT2D eigenvalue weighted by Gasteiger charge is -2.09. The van der Waals surface area contributed by atoms with Gasteiger partial charge in [-0.3, -0.25) is 9.59 Å². The minimum atomic E-state index is -0.110. The molecule has 2 heterocycles. The third kappa shape index (κ3) is 3.44. The van der Waals surface area contributed by atoms with Gasteiger partial charge in [0.15, 0.2) is 5.78 Å². The van der Waals surface area contributed by atoms with E-state index in [-0.39, 0.29) is 11.7 Å². The lowest BCUT2D eigenvalue weighted by molar-refractivity contribution is 0.0943. The molecule has 5 heteroatoms. The first kappa shape index (κ1) is 13.8. The molecule has 0 saturated carbocycles. The quantitative estimate of drug-likeness (QED) is 0.778. The minimum absolute atomic E-state index is 0.0216. The average molecular weight is 263 g/mol. The number of aryl methyl sites for hydroxylation is 1. The molecule has 104 valence electrons. The number of amides is 1. The summed E-state index contributed by atoms with van der Waals surface area (Å²) in [7, 11) is 1.78. The average Bonchev–Trinajstić information content (AvgIpc) is 2.98. The standard InChI is InChI=1S/C14H21N3O2/c1-10(18)12-7-13(17(2)9-12)14(19)16-6-4-11-3-5-15-8-11/h7,9,11,15H,3-6,8H2,1-2H3,(H,16,19). The number of ketones is 1. The van der Waals surface area contributed by atoms with Crippen LogP contribution in [-0.4, -0.2) is 35.9 Å². The Kier molecular flexibility index (Phi) is 4.37. The molecule has 2 N–H and O–H groups in total. The summed E-state index contributed by atoms with van der Waals surface area (Å²) in [5, 5.41) is 6.23. The molecular weight excluding hydrogens is 242 g/mol. The number of hydrogen-bond acceptors (Lipinski definition) is 3. The number of rotatable bonds is 5. The lowest BCUT2D eigenvalue weighted by atomic mass is 10.1. The summed E-state index contributed by atoms with van der Waals surface area (Å²) in [6.45, 7) is 4.32. The second-order valence-electron chi connectivity index (χ2n) is 5.18. The van der Waals surface area contributed by atoms with E-state index in [2.05, 4.69) is 10.6 Å². The molecule has 1 aromatic heterocycles. The summed E-state index contributed by atoms with van der Waals surface area (Å²) in [6.07, 6.45) is 3.88. The van der Waals surface area contributed by atoms with Gasteiger partial charge in [-0.05, 0) is 44.8 Å². The van der Waals surface area contributed by atoms with Gasteiger partial charge >= 0.3 is 0 Å². The molecule has 0 aliphatic carbocycles. The van der Waals surface area contributed by atoms with Crippen molar-refractivity contribution in [2.75, 3.05) is 19.6 Å². The molecule has 1 saturated heterocycles. The molecule has 0 bridgehead atoms. The highest BCUT2D eigenvalue weighted by Gasteiger charge is 2.16. The summed E-state index contributed by atoms with van der Waals surface area (Å²) in [4.78, 5) is 23.3. The van der Waals surface area contributed by atoms with E-state index in [9.17, 15) is 9.59 Å². The van der Waals surface area contributed by atoms with Crippen LogP contribution in [-0.2, 0) is 7.05 Å². The molecule has 1 aliphatic heterocycles. The number of carbonyl (C=O) groups is 2. The number of aromatic nitrogens is 1. The van der Waals surface area contributed by atoms with E-state index < -0.39 is 0 Å². The van der Waals surface area contributed by atoms with E-state index in [0.29, 0.717) is 23.7 Å². The first-order chi connectivity index (χ1) is 9.08. The van der Waals surface area contributed by atoms with E-state index in [4.69, 9.17) is 0 Å². The fourth-order valence-corrected chi connectivity index (χ4v) is 2.42. The molecule has 1 unspecified atom stereocenters. The van der Waals surface area contributed by atoms with Crippen LogP contribution in [0.3, 0.4) is 0 Å². The monoisotopic (exact) mass is 263 g/mol. The molecule has 0 spiro atoms. The van der Waals surface area contributed by atoms with Crippen LogP contribution in [0.2, 0.25) is 0 Å². The fraction of sp³-hybridized carbons (Fsp3) is 0.571. The minimum Gasteiger partial charge on any atom is -0.351 e. The van der Waals surface area contributed by atoms with Gasteiger partial charge in [-0.25, -0.2) is 0 Å². The normalized spacial score (nSPS) is 18.5. The van der Waals surface area contributed by atoms with Gasteiger partial charge in [0.2, 0.25) is 0 Å². The molecule has 1 aliphatic rings. The van der Waals surface area contributed by atoms with Gasteiger partial charge < -0.3 is 15.2 Å². The summed E-state index contributed by atoms with van der Waals surface area (Å²) in [6, 6.07) is 1.65. The maximum atomic E-state index is 12.0. The Balaban J connectivity index is 1.86. The molecule has 19 heavy (non-hydrogen) atoms. The maximum absolute atomic E-state index is 12.0.